The zero-order valence-corrected chi connectivity index (χ0v) is 17.0. The Kier molecular flexibility index (Phi) is 5.52. The summed E-state index contributed by atoms with van der Waals surface area (Å²) in [6.45, 7) is 10.8. The highest BCUT2D eigenvalue weighted by Gasteiger charge is 2.59. The number of ether oxygens (including phenoxy) is 1. The molecule has 2 heterocycles. The summed E-state index contributed by atoms with van der Waals surface area (Å²) < 4.78 is 6.88. The van der Waals surface area contributed by atoms with E-state index in [1.54, 1.807) is 46.1 Å². The molecule has 0 saturated carbocycles. The zero-order valence-electron chi connectivity index (χ0n) is 17.0. The number of aromatic nitrogens is 1. The molecule has 1 aromatic heterocycles. The number of nitrogens with zero attached hydrogens (tertiary/aromatic N) is 2. The second-order valence-corrected chi connectivity index (χ2v) is 9.20. The lowest BCUT2D eigenvalue weighted by Gasteiger charge is -2.32. The van der Waals surface area contributed by atoms with Crippen LogP contribution in [0, 0.1) is 21.4 Å². The predicted molar refractivity (Wildman–Crippen MR) is 101 cm³/mol. The van der Waals surface area contributed by atoms with Crippen LogP contribution in [0.4, 0.5) is 0 Å². The summed E-state index contributed by atoms with van der Waals surface area (Å²) in [5.74, 6) is -1.18. The van der Waals surface area contributed by atoms with Crippen molar-refractivity contribution in [3.63, 3.8) is 0 Å². The number of pyridine rings is 1. The first kappa shape index (κ1) is 21.1. The van der Waals surface area contributed by atoms with E-state index in [-0.39, 0.29) is 16.0 Å². The van der Waals surface area contributed by atoms with E-state index in [1.807, 2.05) is 20.8 Å². The molecule has 0 bridgehead atoms. The average molecular weight is 379 g/mol. The number of aryl methyl sites for hydroxylation is 1. The average Bonchev–Trinajstić information content (AvgIpc) is 2.89. The zero-order chi connectivity index (χ0) is 20.7. The van der Waals surface area contributed by atoms with Gasteiger partial charge in [0.15, 0.2) is 0 Å². The van der Waals surface area contributed by atoms with Crippen molar-refractivity contribution in [2.45, 2.75) is 65.3 Å². The molecule has 4 atom stereocenters. The molecule has 1 saturated heterocycles. The molecule has 1 aliphatic rings. The van der Waals surface area contributed by atoms with Crippen molar-refractivity contribution in [1.82, 2.24) is 9.88 Å². The molecule has 150 valence electrons. The van der Waals surface area contributed by atoms with Gasteiger partial charge in [0.05, 0.1) is 5.92 Å². The van der Waals surface area contributed by atoms with Gasteiger partial charge in [-0.05, 0) is 32.3 Å². The van der Waals surface area contributed by atoms with Crippen molar-refractivity contribution in [1.29, 1.82) is 0 Å². The van der Waals surface area contributed by atoms with Crippen molar-refractivity contribution in [2.75, 3.05) is 0 Å². The van der Waals surface area contributed by atoms with Gasteiger partial charge in [-0.25, -0.2) is 0 Å². The third-order valence-electron chi connectivity index (χ3n) is 4.82. The van der Waals surface area contributed by atoms with Gasteiger partial charge in [0.25, 0.3) is 5.56 Å². The predicted octanol–water partition coefficient (Wildman–Crippen LogP) is 2.05. The van der Waals surface area contributed by atoms with Crippen molar-refractivity contribution >= 4 is 5.97 Å². The topological polar surface area (TPSA) is 103 Å². The molecule has 1 N–H and O–H groups in total. The Morgan fingerprint density at radius 3 is 2.33 bits per heavy atom. The summed E-state index contributed by atoms with van der Waals surface area (Å²) in [4.78, 5) is 37.0. The van der Waals surface area contributed by atoms with Crippen LogP contribution in [0.3, 0.4) is 0 Å². The van der Waals surface area contributed by atoms with E-state index in [9.17, 15) is 19.7 Å². The van der Waals surface area contributed by atoms with Crippen LogP contribution < -0.4 is 10.9 Å². The van der Waals surface area contributed by atoms with Crippen molar-refractivity contribution in [3.8, 4) is 0 Å². The smallest absolute Gasteiger partial charge is 0.324 e. The van der Waals surface area contributed by atoms with Crippen LogP contribution in [0.25, 0.3) is 0 Å². The van der Waals surface area contributed by atoms with Crippen molar-refractivity contribution in [2.24, 2.45) is 18.4 Å². The maximum Gasteiger partial charge on any atom is 0.324 e. The van der Waals surface area contributed by atoms with Gasteiger partial charge < -0.3 is 9.30 Å². The standard InChI is InChI=1S/C19H29N3O5/c1-18(2,3)12-14(17(24)27-19(4,5)6)20-13(15(12)22(25)26)11-9-8-10-21(7)16(11)23/h8-10,12-15,20H,1-7H3. The number of nitro groups is 1. The monoisotopic (exact) mass is 379 g/mol. The molecular weight excluding hydrogens is 350 g/mol. The normalized spacial score (nSPS) is 26.0. The van der Waals surface area contributed by atoms with Crippen molar-refractivity contribution in [3.05, 3.63) is 44.4 Å². The maximum atomic E-state index is 12.8. The number of rotatable bonds is 3. The van der Waals surface area contributed by atoms with Crippen LogP contribution in [-0.4, -0.2) is 33.1 Å². The largest absolute Gasteiger partial charge is 0.459 e. The molecule has 27 heavy (non-hydrogen) atoms. The summed E-state index contributed by atoms with van der Waals surface area (Å²) in [5.41, 5.74) is -1.31. The number of hydrogen-bond donors (Lipinski definition) is 1. The minimum Gasteiger partial charge on any atom is -0.459 e. The molecule has 0 spiro atoms. The third kappa shape index (κ3) is 4.37. The fourth-order valence-corrected chi connectivity index (χ4v) is 3.77. The molecule has 2 rings (SSSR count). The van der Waals surface area contributed by atoms with Crippen LogP contribution in [0.15, 0.2) is 23.1 Å². The van der Waals surface area contributed by atoms with E-state index in [4.69, 9.17) is 4.74 Å². The van der Waals surface area contributed by atoms with Crippen LogP contribution in [0.2, 0.25) is 0 Å². The Labute approximate surface area is 159 Å². The van der Waals surface area contributed by atoms with Crippen molar-refractivity contribution < 1.29 is 14.5 Å². The van der Waals surface area contributed by atoms with E-state index in [2.05, 4.69) is 5.32 Å². The van der Waals surface area contributed by atoms with Gasteiger partial charge in [-0.3, -0.25) is 25.0 Å². The van der Waals surface area contributed by atoms with E-state index in [0.29, 0.717) is 0 Å². The highest BCUT2D eigenvalue weighted by molar-refractivity contribution is 5.77. The van der Waals surface area contributed by atoms with Gasteiger partial charge in [-0.1, -0.05) is 26.8 Å². The molecule has 1 aromatic rings. The number of hydrogen-bond acceptors (Lipinski definition) is 6. The first-order valence-corrected chi connectivity index (χ1v) is 9.02. The Balaban J connectivity index is 2.56. The van der Waals surface area contributed by atoms with E-state index < -0.39 is 41.0 Å². The van der Waals surface area contributed by atoms with E-state index in [0.717, 1.165) is 0 Å². The quantitative estimate of drug-likeness (QED) is 0.490. The number of carbonyl (C=O) groups excluding carboxylic acids is 1. The molecule has 4 unspecified atom stereocenters. The molecule has 0 radical (unpaired) electrons. The fraction of sp³-hybridized carbons (Fsp3) is 0.684. The molecule has 0 aliphatic carbocycles. The van der Waals surface area contributed by atoms with Gasteiger partial charge in [0, 0.05) is 23.7 Å². The third-order valence-corrected chi connectivity index (χ3v) is 4.82. The number of carbonyl (C=O) groups is 1. The Hall–Kier alpha value is -2.22. The van der Waals surface area contributed by atoms with Gasteiger partial charge in [-0.15, -0.1) is 0 Å². The lowest BCUT2D eigenvalue weighted by molar-refractivity contribution is -0.535. The summed E-state index contributed by atoms with van der Waals surface area (Å²) in [5, 5.41) is 15.1. The Morgan fingerprint density at radius 1 is 1.26 bits per heavy atom. The molecule has 0 aromatic carbocycles. The van der Waals surface area contributed by atoms with Crippen LogP contribution in [0.5, 0.6) is 0 Å². The minimum absolute atomic E-state index is 0.280. The molecule has 0 amide bonds. The fourth-order valence-electron chi connectivity index (χ4n) is 3.77. The molecule has 1 aliphatic heterocycles. The summed E-state index contributed by atoms with van der Waals surface area (Å²) in [6.07, 6.45) is 1.59. The van der Waals surface area contributed by atoms with E-state index in [1.165, 1.54) is 4.57 Å². The summed E-state index contributed by atoms with van der Waals surface area (Å²) in [7, 11) is 1.59. The second-order valence-electron chi connectivity index (χ2n) is 9.20. The minimum atomic E-state index is -1.13. The summed E-state index contributed by atoms with van der Waals surface area (Å²) in [6, 6.07) is 0.365. The highest BCUT2D eigenvalue weighted by Crippen LogP contribution is 2.43. The van der Waals surface area contributed by atoms with Crippen LogP contribution in [0.1, 0.15) is 53.1 Å². The molecule has 8 nitrogen and oxygen atoms in total. The lowest BCUT2D eigenvalue weighted by Crippen LogP contribution is -2.46. The Bertz CT molecular complexity index is 788. The van der Waals surface area contributed by atoms with Crippen LogP contribution in [-0.2, 0) is 16.6 Å². The molecular formula is C19H29N3O5. The number of esters is 1. The van der Waals surface area contributed by atoms with Gasteiger partial charge in [0.1, 0.15) is 17.7 Å². The maximum absolute atomic E-state index is 12.8. The summed E-state index contributed by atoms with van der Waals surface area (Å²) >= 11 is 0. The first-order chi connectivity index (χ1) is 12.2. The first-order valence-electron chi connectivity index (χ1n) is 9.02. The molecule has 8 heteroatoms. The molecule has 1 fully saturated rings. The van der Waals surface area contributed by atoms with Gasteiger partial charge in [-0.2, -0.15) is 0 Å². The lowest BCUT2D eigenvalue weighted by atomic mass is 9.73. The van der Waals surface area contributed by atoms with Gasteiger partial charge >= 0.3 is 5.97 Å². The van der Waals surface area contributed by atoms with Crippen LogP contribution >= 0.6 is 0 Å². The number of nitrogens with one attached hydrogen (secondary N) is 1. The SMILES string of the molecule is Cn1cccc(C2NC(C(=O)OC(C)(C)C)C(C(C)(C)C)C2[N+](=O)[O-])c1=O. The highest BCUT2D eigenvalue weighted by atomic mass is 16.6. The second kappa shape index (κ2) is 7.07. The van der Waals surface area contributed by atoms with E-state index >= 15 is 0 Å². The van der Waals surface area contributed by atoms with Gasteiger partial charge in [0.2, 0.25) is 6.04 Å². The Morgan fingerprint density at radius 2 is 1.85 bits per heavy atom.